The first kappa shape index (κ1) is 16.2. The minimum absolute atomic E-state index is 0.741. The summed E-state index contributed by atoms with van der Waals surface area (Å²) in [6.07, 6.45) is 3.76. The molecule has 2 nitrogen and oxygen atoms in total. The van der Waals surface area contributed by atoms with Gasteiger partial charge in [0.1, 0.15) is 0 Å². The molecule has 0 heterocycles. The lowest BCUT2D eigenvalue weighted by molar-refractivity contribution is 0.837. The Labute approximate surface area is 123 Å². The molecule has 2 heteroatoms. The zero-order chi connectivity index (χ0) is 15.1. The van der Waals surface area contributed by atoms with Gasteiger partial charge in [-0.2, -0.15) is 0 Å². The molecule has 0 radical (unpaired) electrons. The van der Waals surface area contributed by atoms with E-state index in [-0.39, 0.29) is 0 Å². The van der Waals surface area contributed by atoms with Crippen LogP contribution in [0.1, 0.15) is 50.7 Å². The monoisotopic (exact) mass is 270 g/mol. The smallest absolute Gasteiger partial charge is 0.0664 e. The third-order valence-corrected chi connectivity index (χ3v) is 3.42. The van der Waals surface area contributed by atoms with Crippen molar-refractivity contribution in [1.82, 2.24) is 0 Å². The van der Waals surface area contributed by atoms with Crippen LogP contribution in [-0.4, -0.2) is 5.71 Å². The highest BCUT2D eigenvalue weighted by atomic mass is 14.7. The van der Waals surface area contributed by atoms with E-state index >= 15 is 0 Å². The first-order valence-corrected chi connectivity index (χ1v) is 7.20. The van der Waals surface area contributed by atoms with Crippen molar-refractivity contribution in [2.45, 2.75) is 46.5 Å². The van der Waals surface area contributed by atoms with Crippen LogP contribution < -0.4 is 5.73 Å². The summed E-state index contributed by atoms with van der Waals surface area (Å²) in [4.78, 5) is 4.67. The van der Waals surface area contributed by atoms with E-state index in [9.17, 15) is 0 Å². The summed E-state index contributed by atoms with van der Waals surface area (Å²) in [6, 6.07) is 6.37. The van der Waals surface area contributed by atoms with Crippen molar-refractivity contribution in [3.8, 4) is 0 Å². The molecule has 0 aliphatic carbocycles. The number of rotatable bonds is 7. The van der Waals surface area contributed by atoms with E-state index in [0.29, 0.717) is 0 Å². The highest BCUT2D eigenvalue weighted by Gasteiger charge is 2.04. The van der Waals surface area contributed by atoms with Crippen LogP contribution in [0.25, 0.3) is 5.57 Å². The van der Waals surface area contributed by atoms with E-state index in [4.69, 9.17) is 5.73 Å². The molecule has 0 aromatic heterocycles. The number of hydrogen-bond acceptors (Lipinski definition) is 2. The molecule has 0 bridgehead atoms. The van der Waals surface area contributed by atoms with E-state index in [2.05, 4.69) is 57.1 Å². The number of allylic oxidation sites excluding steroid dienone is 2. The lowest BCUT2D eigenvalue weighted by Gasteiger charge is -2.09. The van der Waals surface area contributed by atoms with Crippen molar-refractivity contribution in [2.75, 3.05) is 0 Å². The van der Waals surface area contributed by atoms with E-state index in [1.165, 1.54) is 11.1 Å². The Kier molecular flexibility index (Phi) is 6.23. The SMILES string of the molecule is C=C(N)CCCC(=C)c1ccc(C)c(N=C(C)CC)c1. The van der Waals surface area contributed by atoms with Crippen molar-refractivity contribution >= 4 is 17.0 Å². The van der Waals surface area contributed by atoms with Gasteiger partial charge in [0.15, 0.2) is 0 Å². The molecule has 0 aliphatic heterocycles. The Hall–Kier alpha value is -1.83. The van der Waals surface area contributed by atoms with Crippen LogP contribution in [0.2, 0.25) is 0 Å². The third kappa shape index (κ3) is 5.04. The van der Waals surface area contributed by atoms with E-state index in [1.54, 1.807) is 0 Å². The Balaban J connectivity index is 2.84. The van der Waals surface area contributed by atoms with Gasteiger partial charge in [0.05, 0.1) is 5.69 Å². The molecule has 0 saturated heterocycles. The van der Waals surface area contributed by atoms with Crippen LogP contribution in [0, 0.1) is 6.92 Å². The summed E-state index contributed by atoms with van der Waals surface area (Å²) < 4.78 is 0. The summed E-state index contributed by atoms with van der Waals surface area (Å²) in [5, 5.41) is 0. The molecule has 1 aromatic carbocycles. The standard InChI is InChI=1S/C18H26N2/c1-6-16(5)20-18-12-17(11-10-14(18)3)13(2)8-7-9-15(4)19/h10-12H,2,4,6-9,19H2,1,3,5H3. The highest BCUT2D eigenvalue weighted by Crippen LogP contribution is 2.27. The lowest BCUT2D eigenvalue weighted by atomic mass is 9.99. The maximum absolute atomic E-state index is 5.59. The highest BCUT2D eigenvalue weighted by molar-refractivity contribution is 5.85. The maximum atomic E-state index is 5.59. The zero-order valence-electron chi connectivity index (χ0n) is 13.0. The molecule has 20 heavy (non-hydrogen) atoms. The van der Waals surface area contributed by atoms with Gasteiger partial charge in [-0.1, -0.05) is 32.2 Å². The first-order chi connectivity index (χ1) is 9.43. The summed E-state index contributed by atoms with van der Waals surface area (Å²) in [5.74, 6) is 0. The topological polar surface area (TPSA) is 38.4 Å². The summed E-state index contributed by atoms with van der Waals surface area (Å²) in [7, 11) is 0. The predicted octanol–water partition coefficient (Wildman–Crippen LogP) is 5.15. The fourth-order valence-electron chi connectivity index (χ4n) is 1.91. The van der Waals surface area contributed by atoms with Crippen LogP contribution in [-0.2, 0) is 0 Å². The van der Waals surface area contributed by atoms with Crippen molar-refractivity contribution in [2.24, 2.45) is 10.7 Å². The number of aliphatic imine (C=N–C) groups is 1. The van der Waals surface area contributed by atoms with Crippen molar-refractivity contribution in [3.63, 3.8) is 0 Å². The molecule has 0 spiro atoms. The van der Waals surface area contributed by atoms with E-state index in [1.807, 2.05) is 0 Å². The average molecular weight is 270 g/mol. The number of hydrogen-bond donors (Lipinski definition) is 1. The largest absolute Gasteiger partial charge is 0.403 e. The van der Waals surface area contributed by atoms with Gasteiger partial charge in [0.2, 0.25) is 0 Å². The molecule has 0 amide bonds. The second-order valence-corrected chi connectivity index (χ2v) is 5.32. The van der Waals surface area contributed by atoms with Gasteiger partial charge in [0, 0.05) is 11.4 Å². The fraction of sp³-hybridized carbons (Fsp3) is 0.389. The molecule has 0 saturated carbocycles. The molecule has 0 atom stereocenters. The van der Waals surface area contributed by atoms with Crippen molar-refractivity contribution < 1.29 is 0 Å². The summed E-state index contributed by atoms with van der Waals surface area (Å²) in [6.45, 7) is 14.2. The molecule has 0 aliphatic rings. The molecular formula is C18H26N2. The predicted molar refractivity (Wildman–Crippen MR) is 90.5 cm³/mol. The lowest BCUT2D eigenvalue weighted by Crippen LogP contribution is -1.94. The second-order valence-electron chi connectivity index (χ2n) is 5.32. The van der Waals surface area contributed by atoms with E-state index < -0.39 is 0 Å². The molecule has 0 fully saturated rings. The van der Waals surface area contributed by atoms with Crippen LogP contribution in [0.3, 0.4) is 0 Å². The third-order valence-electron chi connectivity index (χ3n) is 3.42. The Morgan fingerprint density at radius 1 is 1.25 bits per heavy atom. The Bertz CT molecular complexity index is 524. The molecule has 0 unspecified atom stereocenters. The first-order valence-electron chi connectivity index (χ1n) is 7.20. The molecular weight excluding hydrogens is 244 g/mol. The summed E-state index contributed by atoms with van der Waals surface area (Å²) in [5.41, 5.74) is 12.0. The Morgan fingerprint density at radius 3 is 2.55 bits per heavy atom. The quantitative estimate of drug-likeness (QED) is 0.683. The average Bonchev–Trinajstić information content (AvgIpc) is 2.40. The van der Waals surface area contributed by atoms with Gasteiger partial charge < -0.3 is 5.73 Å². The molecule has 108 valence electrons. The number of aryl methyl sites for hydroxylation is 1. The van der Waals surface area contributed by atoms with Crippen LogP contribution in [0.15, 0.2) is 42.0 Å². The van der Waals surface area contributed by atoms with Gasteiger partial charge >= 0.3 is 0 Å². The zero-order valence-corrected chi connectivity index (χ0v) is 13.0. The number of benzene rings is 1. The van der Waals surface area contributed by atoms with Gasteiger partial charge in [-0.05, 0) is 62.3 Å². The van der Waals surface area contributed by atoms with Gasteiger partial charge in [-0.15, -0.1) is 0 Å². The summed E-state index contributed by atoms with van der Waals surface area (Å²) >= 11 is 0. The van der Waals surface area contributed by atoms with Crippen LogP contribution in [0.4, 0.5) is 5.69 Å². The normalized spacial score (nSPS) is 11.4. The van der Waals surface area contributed by atoms with E-state index in [0.717, 1.165) is 48.4 Å². The molecule has 1 aromatic rings. The van der Waals surface area contributed by atoms with Crippen LogP contribution >= 0.6 is 0 Å². The minimum atomic E-state index is 0.741. The van der Waals surface area contributed by atoms with Crippen molar-refractivity contribution in [1.29, 1.82) is 0 Å². The minimum Gasteiger partial charge on any atom is -0.403 e. The van der Waals surface area contributed by atoms with Crippen molar-refractivity contribution in [3.05, 3.63) is 48.2 Å². The number of nitrogens with zero attached hydrogens (tertiary/aromatic N) is 1. The number of nitrogens with two attached hydrogens (primary N) is 1. The molecule has 2 N–H and O–H groups in total. The van der Waals surface area contributed by atoms with Gasteiger partial charge in [0.25, 0.3) is 0 Å². The van der Waals surface area contributed by atoms with Gasteiger partial charge in [-0.25, -0.2) is 0 Å². The molecule has 1 rings (SSSR count). The fourth-order valence-corrected chi connectivity index (χ4v) is 1.91. The Morgan fingerprint density at radius 2 is 1.95 bits per heavy atom. The second kappa shape index (κ2) is 7.68. The maximum Gasteiger partial charge on any atom is 0.0664 e. The van der Waals surface area contributed by atoms with Gasteiger partial charge in [-0.3, -0.25) is 4.99 Å². The van der Waals surface area contributed by atoms with Crippen LogP contribution in [0.5, 0.6) is 0 Å².